The Morgan fingerprint density at radius 3 is 2.48 bits per heavy atom. The van der Waals surface area contributed by atoms with Crippen LogP contribution in [0.3, 0.4) is 0 Å². The molecule has 128 valence electrons. The SMILES string of the molecule is Cc1ccc(C=CCCNC(=O)OC(C)(C)C)cc1C(F)(F)F. The van der Waals surface area contributed by atoms with Crippen molar-refractivity contribution < 1.29 is 22.7 Å². The molecule has 0 saturated carbocycles. The van der Waals surface area contributed by atoms with E-state index in [0.717, 1.165) is 6.07 Å². The van der Waals surface area contributed by atoms with Crippen LogP contribution in [0, 0.1) is 6.92 Å². The lowest BCUT2D eigenvalue weighted by molar-refractivity contribution is -0.138. The van der Waals surface area contributed by atoms with Gasteiger partial charge in [-0.25, -0.2) is 4.79 Å². The maximum absolute atomic E-state index is 12.8. The molecule has 0 radical (unpaired) electrons. The van der Waals surface area contributed by atoms with Gasteiger partial charge in [0.25, 0.3) is 0 Å². The molecule has 3 nitrogen and oxygen atoms in total. The number of alkyl halides is 3. The Morgan fingerprint density at radius 1 is 1.26 bits per heavy atom. The average Bonchev–Trinajstić information content (AvgIpc) is 2.36. The minimum Gasteiger partial charge on any atom is -0.444 e. The van der Waals surface area contributed by atoms with Crippen molar-refractivity contribution in [3.63, 3.8) is 0 Å². The normalized spacial score (nSPS) is 12.5. The van der Waals surface area contributed by atoms with Gasteiger partial charge in [0, 0.05) is 6.54 Å². The summed E-state index contributed by atoms with van der Waals surface area (Å²) in [7, 11) is 0. The highest BCUT2D eigenvalue weighted by atomic mass is 19.4. The summed E-state index contributed by atoms with van der Waals surface area (Å²) in [5.41, 5.74) is -0.525. The fraction of sp³-hybridized carbons (Fsp3) is 0.471. The summed E-state index contributed by atoms with van der Waals surface area (Å²) in [5.74, 6) is 0. The largest absolute Gasteiger partial charge is 0.444 e. The quantitative estimate of drug-likeness (QED) is 0.794. The lowest BCUT2D eigenvalue weighted by Crippen LogP contribution is -2.32. The minimum absolute atomic E-state index is 0.196. The Morgan fingerprint density at radius 2 is 1.91 bits per heavy atom. The van der Waals surface area contributed by atoms with Crippen LogP contribution in [0.5, 0.6) is 0 Å². The Labute approximate surface area is 134 Å². The number of hydrogen-bond donors (Lipinski definition) is 1. The van der Waals surface area contributed by atoms with Crippen molar-refractivity contribution in [1.82, 2.24) is 5.32 Å². The molecular weight excluding hydrogens is 307 g/mol. The highest BCUT2D eigenvalue weighted by molar-refractivity contribution is 5.67. The third-order valence-electron chi connectivity index (χ3n) is 2.86. The van der Waals surface area contributed by atoms with Gasteiger partial charge in [-0.1, -0.05) is 24.3 Å². The van der Waals surface area contributed by atoms with E-state index in [9.17, 15) is 18.0 Å². The highest BCUT2D eigenvalue weighted by Crippen LogP contribution is 2.32. The lowest BCUT2D eigenvalue weighted by atomic mass is 10.0. The molecule has 6 heteroatoms. The van der Waals surface area contributed by atoms with Crippen LogP contribution >= 0.6 is 0 Å². The molecule has 1 rings (SSSR count). The fourth-order valence-corrected chi connectivity index (χ4v) is 1.84. The number of amides is 1. The van der Waals surface area contributed by atoms with Crippen LogP contribution < -0.4 is 5.32 Å². The van der Waals surface area contributed by atoms with E-state index in [-0.39, 0.29) is 5.56 Å². The molecule has 0 heterocycles. The number of benzene rings is 1. The van der Waals surface area contributed by atoms with Crippen molar-refractivity contribution in [2.24, 2.45) is 0 Å². The summed E-state index contributed by atoms with van der Waals surface area (Å²) in [4.78, 5) is 11.4. The van der Waals surface area contributed by atoms with E-state index in [1.54, 1.807) is 39.0 Å². The van der Waals surface area contributed by atoms with Gasteiger partial charge in [0.1, 0.15) is 5.60 Å². The van der Waals surface area contributed by atoms with E-state index in [4.69, 9.17) is 4.74 Å². The Balaban J connectivity index is 2.52. The molecule has 1 amide bonds. The summed E-state index contributed by atoms with van der Waals surface area (Å²) >= 11 is 0. The Hall–Kier alpha value is -1.98. The molecule has 1 aromatic carbocycles. The first-order valence-electron chi connectivity index (χ1n) is 7.30. The van der Waals surface area contributed by atoms with Crippen LogP contribution in [0.25, 0.3) is 6.08 Å². The molecule has 0 spiro atoms. The number of alkyl carbamates (subject to hydrolysis) is 1. The predicted octanol–water partition coefficient (Wildman–Crippen LogP) is 4.94. The molecule has 0 bridgehead atoms. The van der Waals surface area contributed by atoms with Gasteiger partial charge < -0.3 is 10.1 Å². The number of rotatable bonds is 4. The standard InChI is InChI=1S/C17H22F3NO2/c1-12-8-9-13(11-14(12)17(18,19)20)7-5-6-10-21-15(22)23-16(2,3)4/h5,7-9,11H,6,10H2,1-4H3,(H,21,22). The van der Waals surface area contributed by atoms with E-state index in [1.165, 1.54) is 13.0 Å². The van der Waals surface area contributed by atoms with Gasteiger partial charge in [-0.3, -0.25) is 0 Å². The van der Waals surface area contributed by atoms with Crippen molar-refractivity contribution in [1.29, 1.82) is 0 Å². The summed E-state index contributed by atoms with van der Waals surface area (Å²) in [6, 6.07) is 4.19. The molecule has 0 fully saturated rings. The molecular formula is C17H22F3NO2. The first-order chi connectivity index (χ1) is 10.5. The zero-order chi connectivity index (χ0) is 17.7. The van der Waals surface area contributed by atoms with Gasteiger partial charge in [0.2, 0.25) is 0 Å². The second kappa shape index (κ2) is 7.53. The number of carbonyl (C=O) groups is 1. The maximum Gasteiger partial charge on any atom is 0.416 e. The van der Waals surface area contributed by atoms with E-state index >= 15 is 0 Å². The van der Waals surface area contributed by atoms with Crippen LogP contribution in [0.15, 0.2) is 24.3 Å². The molecule has 0 aliphatic rings. The van der Waals surface area contributed by atoms with E-state index < -0.39 is 23.4 Å². The van der Waals surface area contributed by atoms with Gasteiger partial charge in [-0.05, 0) is 51.3 Å². The van der Waals surface area contributed by atoms with Gasteiger partial charge in [-0.2, -0.15) is 13.2 Å². The summed E-state index contributed by atoms with van der Waals surface area (Å²) in [5, 5.41) is 2.58. The second-order valence-electron chi connectivity index (χ2n) is 6.19. The van der Waals surface area contributed by atoms with Crippen LogP contribution in [0.1, 0.15) is 43.9 Å². The van der Waals surface area contributed by atoms with E-state index in [1.807, 2.05) is 0 Å². The molecule has 1 aromatic rings. The predicted molar refractivity (Wildman–Crippen MR) is 84.1 cm³/mol. The molecule has 0 aliphatic carbocycles. The molecule has 0 aromatic heterocycles. The number of hydrogen-bond acceptors (Lipinski definition) is 2. The van der Waals surface area contributed by atoms with Crippen LogP contribution in [-0.4, -0.2) is 18.2 Å². The first-order valence-corrected chi connectivity index (χ1v) is 7.30. The van der Waals surface area contributed by atoms with Crippen molar-refractivity contribution >= 4 is 12.2 Å². The highest BCUT2D eigenvalue weighted by Gasteiger charge is 2.32. The number of nitrogens with one attached hydrogen (secondary N) is 1. The first kappa shape index (κ1) is 19.1. The van der Waals surface area contributed by atoms with Crippen molar-refractivity contribution in [2.45, 2.75) is 45.9 Å². The topological polar surface area (TPSA) is 38.3 Å². The molecule has 23 heavy (non-hydrogen) atoms. The second-order valence-corrected chi connectivity index (χ2v) is 6.19. The number of carbonyl (C=O) groups excluding carboxylic acids is 1. The minimum atomic E-state index is -4.35. The van der Waals surface area contributed by atoms with Crippen molar-refractivity contribution in [3.05, 3.63) is 41.0 Å². The smallest absolute Gasteiger partial charge is 0.416 e. The van der Waals surface area contributed by atoms with E-state index in [2.05, 4.69) is 5.32 Å². The third-order valence-corrected chi connectivity index (χ3v) is 2.86. The zero-order valence-electron chi connectivity index (χ0n) is 13.8. The average molecular weight is 329 g/mol. The fourth-order valence-electron chi connectivity index (χ4n) is 1.84. The number of aryl methyl sites for hydroxylation is 1. The van der Waals surface area contributed by atoms with Crippen LogP contribution in [-0.2, 0) is 10.9 Å². The zero-order valence-corrected chi connectivity index (χ0v) is 13.8. The van der Waals surface area contributed by atoms with Crippen molar-refractivity contribution in [3.8, 4) is 0 Å². The summed E-state index contributed by atoms with van der Waals surface area (Å²) < 4.78 is 43.5. The molecule has 0 unspecified atom stereocenters. The van der Waals surface area contributed by atoms with Crippen molar-refractivity contribution in [2.75, 3.05) is 6.54 Å². The Bertz CT molecular complexity index is 572. The monoisotopic (exact) mass is 329 g/mol. The number of ether oxygens (including phenoxy) is 1. The molecule has 0 atom stereocenters. The van der Waals surface area contributed by atoms with Gasteiger partial charge >= 0.3 is 12.3 Å². The molecule has 0 aliphatic heterocycles. The van der Waals surface area contributed by atoms with E-state index in [0.29, 0.717) is 18.5 Å². The molecule has 1 N–H and O–H groups in total. The van der Waals surface area contributed by atoms with Gasteiger partial charge in [0.15, 0.2) is 0 Å². The lowest BCUT2D eigenvalue weighted by Gasteiger charge is -2.19. The van der Waals surface area contributed by atoms with Crippen LogP contribution in [0.2, 0.25) is 0 Å². The maximum atomic E-state index is 12.8. The summed E-state index contributed by atoms with van der Waals surface area (Å²) in [6.07, 6.45) is -1.06. The number of halogens is 3. The third kappa shape index (κ3) is 7.21. The Kier molecular flexibility index (Phi) is 6.24. The molecule has 0 saturated heterocycles. The van der Waals surface area contributed by atoms with Crippen LogP contribution in [0.4, 0.5) is 18.0 Å². The summed E-state index contributed by atoms with van der Waals surface area (Å²) in [6.45, 7) is 7.08. The van der Waals surface area contributed by atoms with Gasteiger partial charge in [0.05, 0.1) is 5.56 Å². The van der Waals surface area contributed by atoms with Gasteiger partial charge in [-0.15, -0.1) is 0 Å².